The van der Waals surface area contributed by atoms with Gasteiger partial charge in [-0.1, -0.05) is 24.3 Å². The molecule has 5 nitrogen and oxygen atoms in total. The molecular weight excluding hydrogens is 371 g/mol. The third kappa shape index (κ3) is 3.94. The van der Waals surface area contributed by atoms with E-state index in [-0.39, 0.29) is 30.2 Å². The molecule has 0 unspecified atom stereocenters. The summed E-state index contributed by atoms with van der Waals surface area (Å²) in [6.07, 6.45) is 2.04. The Kier molecular flexibility index (Phi) is 5.72. The Hall–Kier alpha value is -2.60. The number of likely N-dealkylation sites (N-methyl/N-ethyl adjacent to an activating group) is 1. The molecule has 2 saturated heterocycles. The van der Waals surface area contributed by atoms with Crippen LogP contribution in [-0.4, -0.2) is 61.6 Å². The molecule has 0 radical (unpaired) electrons. The normalized spacial score (nSPS) is 24.2. The van der Waals surface area contributed by atoms with E-state index in [0.29, 0.717) is 12.6 Å². The third-order valence-corrected chi connectivity index (χ3v) is 6.17. The number of hydrogen-bond donors (Lipinski definition) is 0. The average Bonchev–Trinajstić information content (AvgIpc) is 3.10. The minimum atomic E-state index is -0.450. The third-order valence-electron chi connectivity index (χ3n) is 6.17. The molecular formula is C23H27FN2O3. The molecule has 2 aliphatic rings. The van der Waals surface area contributed by atoms with Crippen LogP contribution in [-0.2, 0) is 4.79 Å². The second-order valence-corrected chi connectivity index (χ2v) is 7.83. The number of likely N-dealkylation sites (tertiary alicyclic amines) is 2. The van der Waals surface area contributed by atoms with Crippen LogP contribution in [0, 0.1) is 5.82 Å². The topological polar surface area (TPSA) is 42.0 Å². The van der Waals surface area contributed by atoms with E-state index in [1.807, 2.05) is 17.0 Å². The number of amides is 1. The summed E-state index contributed by atoms with van der Waals surface area (Å²) in [5, 5.41) is 0. The van der Waals surface area contributed by atoms with E-state index in [0.717, 1.165) is 25.1 Å². The van der Waals surface area contributed by atoms with Gasteiger partial charge in [0.25, 0.3) is 5.91 Å². The predicted octanol–water partition coefficient (Wildman–Crippen LogP) is 3.30. The number of nitrogens with zero attached hydrogens (tertiary/aromatic N) is 2. The van der Waals surface area contributed by atoms with Gasteiger partial charge in [0.15, 0.2) is 18.2 Å². The number of fused-ring (bicyclic) bond motifs is 1. The number of carbonyl (C=O) groups is 1. The SMILES string of the molecule is COc1ccc([C@H]2CN(C)[C@@H]3CCCN(C(=O)COc4ccccc4F)[C@H]23)cc1. The molecule has 29 heavy (non-hydrogen) atoms. The fourth-order valence-electron chi connectivity index (χ4n) is 4.75. The van der Waals surface area contributed by atoms with Crippen molar-refractivity contribution in [1.82, 2.24) is 9.80 Å². The van der Waals surface area contributed by atoms with Crippen molar-refractivity contribution < 1.29 is 18.7 Å². The van der Waals surface area contributed by atoms with Gasteiger partial charge in [0.1, 0.15) is 5.75 Å². The summed E-state index contributed by atoms with van der Waals surface area (Å²) in [6.45, 7) is 1.46. The van der Waals surface area contributed by atoms with Crippen molar-refractivity contribution >= 4 is 5.91 Å². The standard InChI is InChI=1S/C23H27FN2O3/c1-25-14-18(16-9-11-17(28-2)12-10-16)23-20(25)7-5-13-26(23)22(27)15-29-21-8-4-3-6-19(21)24/h3-4,6,8-12,18,20,23H,5,7,13-15H2,1-2H3/t18-,20-,23-/m1/s1. The van der Waals surface area contributed by atoms with Gasteiger partial charge in [-0.2, -0.15) is 0 Å². The molecule has 0 N–H and O–H groups in total. The second-order valence-electron chi connectivity index (χ2n) is 7.83. The molecule has 0 bridgehead atoms. The second kappa shape index (κ2) is 8.41. The van der Waals surface area contributed by atoms with Crippen LogP contribution >= 0.6 is 0 Å². The van der Waals surface area contributed by atoms with Crippen LogP contribution < -0.4 is 9.47 Å². The summed E-state index contributed by atoms with van der Waals surface area (Å²) in [6, 6.07) is 14.7. The molecule has 154 valence electrons. The average molecular weight is 398 g/mol. The maximum Gasteiger partial charge on any atom is 0.260 e. The highest BCUT2D eigenvalue weighted by atomic mass is 19.1. The minimum absolute atomic E-state index is 0.0863. The first-order chi connectivity index (χ1) is 14.1. The Labute approximate surface area is 171 Å². The highest BCUT2D eigenvalue weighted by Gasteiger charge is 2.47. The van der Waals surface area contributed by atoms with Crippen molar-refractivity contribution in [2.24, 2.45) is 0 Å². The van der Waals surface area contributed by atoms with Gasteiger partial charge in [-0.25, -0.2) is 4.39 Å². The van der Waals surface area contributed by atoms with Crippen molar-refractivity contribution in [3.05, 3.63) is 59.9 Å². The van der Waals surface area contributed by atoms with Crippen LogP contribution in [0.5, 0.6) is 11.5 Å². The molecule has 0 saturated carbocycles. The molecule has 4 rings (SSSR count). The smallest absolute Gasteiger partial charge is 0.260 e. The molecule has 6 heteroatoms. The molecule has 2 aromatic carbocycles. The first-order valence-electron chi connectivity index (χ1n) is 10.1. The molecule has 0 spiro atoms. The van der Waals surface area contributed by atoms with E-state index < -0.39 is 5.82 Å². The number of carbonyl (C=O) groups excluding carboxylic acids is 1. The lowest BCUT2D eigenvalue weighted by molar-refractivity contribution is -0.138. The van der Waals surface area contributed by atoms with Crippen LogP contribution in [0.1, 0.15) is 24.3 Å². The van der Waals surface area contributed by atoms with Crippen molar-refractivity contribution in [2.75, 3.05) is 33.9 Å². The number of rotatable bonds is 5. The first-order valence-corrected chi connectivity index (χ1v) is 10.1. The highest BCUT2D eigenvalue weighted by molar-refractivity contribution is 5.78. The Morgan fingerprint density at radius 1 is 1.17 bits per heavy atom. The van der Waals surface area contributed by atoms with E-state index >= 15 is 0 Å². The lowest BCUT2D eigenvalue weighted by Crippen LogP contribution is -2.54. The number of benzene rings is 2. The van der Waals surface area contributed by atoms with Gasteiger partial charge < -0.3 is 19.3 Å². The highest BCUT2D eigenvalue weighted by Crippen LogP contribution is 2.39. The Morgan fingerprint density at radius 3 is 2.66 bits per heavy atom. The molecule has 2 heterocycles. The zero-order chi connectivity index (χ0) is 20.4. The number of hydrogen-bond acceptors (Lipinski definition) is 4. The van der Waals surface area contributed by atoms with Crippen molar-refractivity contribution in [1.29, 1.82) is 0 Å². The van der Waals surface area contributed by atoms with E-state index in [4.69, 9.17) is 9.47 Å². The summed E-state index contributed by atoms with van der Waals surface area (Å²) in [5.74, 6) is 0.634. The summed E-state index contributed by atoms with van der Waals surface area (Å²) >= 11 is 0. The predicted molar refractivity (Wildman–Crippen MR) is 109 cm³/mol. The maximum atomic E-state index is 13.8. The van der Waals surface area contributed by atoms with Crippen LogP contribution in [0.3, 0.4) is 0 Å². The number of halogens is 1. The zero-order valence-electron chi connectivity index (χ0n) is 16.9. The Bertz CT molecular complexity index is 857. The van der Waals surface area contributed by atoms with E-state index in [2.05, 4.69) is 24.1 Å². The lowest BCUT2D eigenvalue weighted by atomic mass is 9.86. The molecule has 2 aromatic rings. The maximum absolute atomic E-state index is 13.8. The van der Waals surface area contributed by atoms with Gasteiger partial charge in [-0.15, -0.1) is 0 Å². The number of piperidine rings is 1. The van der Waals surface area contributed by atoms with E-state index in [1.165, 1.54) is 11.6 Å². The van der Waals surface area contributed by atoms with Gasteiger partial charge in [0.05, 0.1) is 13.2 Å². The van der Waals surface area contributed by atoms with E-state index in [9.17, 15) is 9.18 Å². The lowest BCUT2D eigenvalue weighted by Gasteiger charge is -2.41. The summed E-state index contributed by atoms with van der Waals surface area (Å²) in [7, 11) is 3.79. The van der Waals surface area contributed by atoms with Gasteiger partial charge in [0, 0.05) is 25.0 Å². The van der Waals surface area contributed by atoms with Gasteiger partial charge in [0.2, 0.25) is 0 Å². The summed E-state index contributed by atoms with van der Waals surface area (Å²) in [5.41, 5.74) is 1.21. The minimum Gasteiger partial charge on any atom is -0.497 e. The number of para-hydroxylation sites is 1. The van der Waals surface area contributed by atoms with Crippen LogP contribution in [0.15, 0.2) is 48.5 Å². The van der Waals surface area contributed by atoms with Crippen molar-refractivity contribution in [3.8, 4) is 11.5 Å². The van der Waals surface area contributed by atoms with Crippen LogP contribution in [0.2, 0.25) is 0 Å². The largest absolute Gasteiger partial charge is 0.497 e. The molecule has 2 aliphatic heterocycles. The summed E-state index contributed by atoms with van der Waals surface area (Å²) in [4.78, 5) is 17.4. The molecule has 0 aliphatic carbocycles. The molecule has 1 amide bonds. The fraction of sp³-hybridized carbons (Fsp3) is 0.435. The van der Waals surface area contributed by atoms with Crippen LogP contribution in [0.4, 0.5) is 4.39 Å². The Morgan fingerprint density at radius 2 is 1.93 bits per heavy atom. The first kappa shape index (κ1) is 19.7. The molecule has 3 atom stereocenters. The van der Waals surface area contributed by atoms with E-state index in [1.54, 1.807) is 25.3 Å². The van der Waals surface area contributed by atoms with Crippen molar-refractivity contribution in [2.45, 2.75) is 30.8 Å². The van der Waals surface area contributed by atoms with Gasteiger partial charge >= 0.3 is 0 Å². The van der Waals surface area contributed by atoms with Crippen molar-refractivity contribution in [3.63, 3.8) is 0 Å². The zero-order valence-corrected chi connectivity index (χ0v) is 16.9. The fourth-order valence-corrected chi connectivity index (χ4v) is 4.75. The molecule has 0 aromatic heterocycles. The molecule has 2 fully saturated rings. The summed E-state index contributed by atoms with van der Waals surface area (Å²) < 4.78 is 24.6. The van der Waals surface area contributed by atoms with Crippen LogP contribution in [0.25, 0.3) is 0 Å². The Balaban J connectivity index is 1.52. The number of methoxy groups -OCH3 is 1. The van der Waals surface area contributed by atoms with Gasteiger partial charge in [-0.05, 0) is 49.7 Å². The van der Waals surface area contributed by atoms with Gasteiger partial charge in [-0.3, -0.25) is 4.79 Å². The number of ether oxygens (including phenoxy) is 2. The quantitative estimate of drug-likeness (QED) is 0.775. The monoisotopic (exact) mass is 398 g/mol.